The fourth-order valence-corrected chi connectivity index (χ4v) is 2.20. The Bertz CT molecular complexity index is 858. The first kappa shape index (κ1) is 18.7. The molecule has 2 aromatic carbocycles. The summed E-state index contributed by atoms with van der Waals surface area (Å²) in [5.41, 5.74) is 12.1. The summed E-state index contributed by atoms with van der Waals surface area (Å²) in [7, 11) is 0. The Morgan fingerprint density at radius 2 is 1.73 bits per heavy atom. The lowest BCUT2D eigenvalue weighted by Crippen LogP contribution is -2.17. The second-order valence-corrected chi connectivity index (χ2v) is 5.31. The third kappa shape index (κ3) is 4.94. The first-order valence-corrected chi connectivity index (χ1v) is 7.86. The van der Waals surface area contributed by atoms with Crippen molar-refractivity contribution in [2.75, 3.05) is 11.9 Å². The molecule has 0 saturated heterocycles. The van der Waals surface area contributed by atoms with Crippen molar-refractivity contribution in [2.45, 2.75) is 6.92 Å². The summed E-state index contributed by atoms with van der Waals surface area (Å²) >= 11 is 0. The maximum atomic E-state index is 12.1. The molecule has 0 aliphatic carbocycles. The number of hydrogen-bond donors (Lipinski definition) is 3. The van der Waals surface area contributed by atoms with Gasteiger partial charge in [-0.25, -0.2) is 0 Å². The molecule has 0 atom stereocenters. The number of carbonyl (C=O) groups excluding carboxylic acids is 3. The molecule has 0 aliphatic rings. The Hall–Kier alpha value is -3.61. The van der Waals surface area contributed by atoms with Gasteiger partial charge in [-0.3, -0.25) is 14.4 Å². The highest BCUT2D eigenvalue weighted by atomic mass is 16.5. The molecular weight excluding hydrogens is 334 g/mol. The molecule has 5 N–H and O–H groups in total. The molecule has 0 fully saturated rings. The smallest absolute Gasteiger partial charge is 0.250 e. The van der Waals surface area contributed by atoms with E-state index in [9.17, 15) is 14.4 Å². The molecule has 134 valence electrons. The Labute approximate surface area is 150 Å². The Balaban J connectivity index is 2.11. The van der Waals surface area contributed by atoms with E-state index in [0.717, 1.165) is 0 Å². The Morgan fingerprint density at radius 1 is 1.04 bits per heavy atom. The molecule has 3 amide bonds. The molecule has 0 aliphatic heterocycles. The number of nitrogens with one attached hydrogen (secondary N) is 1. The summed E-state index contributed by atoms with van der Waals surface area (Å²) in [5, 5.41) is 2.60. The molecule has 0 saturated carbocycles. The maximum Gasteiger partial charge on any atom is 0.250 e. The minimum Gasteiger partial charge on any atom is -0.494 e. The molecule has 0 aromatic heterocycles. The summed E-state index contributed by atoms with van der Waals surface area (Å²) in [5.74, 6) is -1.14. The number of carbonyl (C=O) groups is 3. The topological polar surface area (TPSA) is 125 Å². The SMILES string of the molecule is CCOc1ccc(NC(=O)C=Cc2ccc(C(N)=O)cc2)c(C(N)=O)c1. The van der Waals surface area contributed by atoms with E-state index in [-0.39, 0.29) is 5.56 Å². The molecule has 7 heteroatoms. The van der Waals surface area contributed by atoms with Gasteiger partial charge in [0, 0.05) is 11.6 Å². The molecule has 26 heavy (non-hydrogen) atoms. The van der Waals surface area contributed by atoms with Crippen LogP contribution < -0.4 is 21.5 Å². The van der Waals surface area contributed by atoms with E-state index in [1.165, 1.54) is 12.1 Å². The van der Waals surface area contributed by atoms with E-state index in [4.69, 9.17) is 16.2 Å². The van der Waals surface area contributed by atoms with Crippen LogP contribution >= 0.6 is 0 Å². The lowest BCUT2D eigenvalue weighted by molar-refractivity contribution is -0.111. The fraction of sp³-hybridized carbons (Fsp3) is 0.105. The second kappa shape index (κ2) is 8.48. The Kier molecular flexibility index (Phi) is 6.10. The van der Waals surface area contributed by atoms with Crippen LogP contribution in [0.3, 0.4) is 0 Å². The summed E-state index contributed by atoms with van der Waals surface area (Å²) in [6.07, 6.45) is 2.87. The van der Waals surface area contributed by atoms with Crippen molar-refractivity contribution in [1.29, 1.82) is 0 Å². The van der Waals surface area contributed by atoms with Crippen molar-refractivity contribution >= 4 is 29.5 Å². The first-order chi connectivity index (χ1) is 12.4. The number of ether oxygens (including phenoxy) is 1. The maximum absolute atomic E-state index is 12.1. The predicted octanol–water partition coefficient (Wildman–Crippen LogP) is 1.94. The number of primary amides is 2. The first-order valence-electron chi connectivity index (χ1n) is 7.86. The molecule has 0 radical (unpaired) electrons. The van der Waals surface area contributed by atoms with Gasteiger partial charge in [0.25, 0.3) is 5.91 Å². The minimum absolute atomic E-state index is 0.156. The van der Waals surface area contributed by atoms with E-state index >= 15 is 0 Å². The standard InChI is InChI=1S/C19H19N3O4/c1-2-26-14-8-9-16(15(11-14)19(21)25)22-17(23)10-5-12-3-6-13(7-4-12)18(20)24/h3-11H,2H2,1H3,(H2,20,24)(H2,21,25)(H,22,23). The number of anilines is 1. The molecule has 0 bridgehead atoms. The molecule has 7 nitrogen and oxygen atoms in total. The number of nitrogens with two attached hydrogens (primary N) is 2. The van der Waals surface area contributed by atoms with Crippen molar-refractivity contribution in [1.82, 2.24) is 0 Å². The van der Waals surface area contributed by atoms with Crippen LogP contribution in [-0.4, -0.2) is 24.3 Å². The zero-order valence-electron chi connectivity index (χ0n) is 14.2. The van der Waals surface area contributed by atoms with E-state index in [0.29, 0.717) is 29.2 Å². The van der Waals surface area contributed by atoms with Crippen LogP contribution in [0.25, 0.3) is 6.08 Å². The fourth-order valence-electron chi connectivity index (χ4n) is 2.20. The Morgan fingerprint density at radius 3 is 2.31 bits per heavy atom. The van der Waals surface area contributed by atoms with Gasteiger partial charge < -0.3 is 21.5 Å². The largest absolute Gasteiger partial charge is 0.494 e. The second-order valence-electron chi connectivity index (χ2n) is 5.31. The number of benzene rings is 2. The average molecular weight is 353 g/mol. The van der Waals surface area contributed by atoms with Crippen LogP contribution in [-0.2, 0) is 4.79 Å². The zero-order valence-corrected chi connectivity index (χ0v) is 14.2. The van der Waals surface area contributed by atoms with Gasteiger partial charge in [0.15, 0.2) is 0 Å². The summed E-state index contributed by atoms with van der Waals surface area (Å²) < 4.78 is 5.32. The molecule has 0 spiro atoms. The lowest BCUT2D eigenvalue weighted by Gasteiger charge is -2.10. The van der Waals surface area contributed by atoms with E-state index < -0.39 is 17.7 Å². The van der Waals surface area contributed by atoms with Gasteiger partial charge >= 0.3 is 0 Å². The summed E-state index contributed by atoms with van der Waals surface area (Å²) in [4.78, 5) is 34.7. The van der Waals surface area contributed by atoms with Crippen LogP contribution in [0.2, 0.25) is 0 Å². The van der Waals surface area contributed by atoms with Gasteiger partial charge in [-0.15, -0.1) is 0 Å². The highest BCUT2D eigenvalue weighted by molar-refractivity contribution is 6.07. The van der Waals surface area contributed by atoms with Crippen molar-refractivity contribution in [3.8, 4) is 5.75 Å². The molecular formula is C19H19N3O4. The van der Waals surface area contributed by atoms with Crippen LogP contribution in [0.4, 0.5) is 5.69 Å². The van der Waals surface area contributed by atoms with Crippen LogP contribution in [0, 0.1) is 0 Å². The van der Waals surface area contributed by atoms with Crippen molar-refractivity contribution in [2.24, 2.45) is 11.5 Å². The number of rotatable bonds is 7. The zero-order chi connectivity index (χ0) is 19.1. The highest BCUT2D eigenvalue weighted by Crippen LogP contribution is 2.22. The third-order valence-electron chi connectivity index (χ3n) is 3.45. The molecule has 0 unspecified atom stereocenters. The van der Waals surface area contributed by atoms with Crippen molar-refractivity contribution in [3.63, 3.8) is 0 Å². The molecule has 2 rings (SSSR count). The number of amides is 3. The van der Waals surface area contributed by atoms with E-state index in [2.05, 4.69) is 5.32 Å². The van der Waals surface area contributed by atoms with Gasteiger partial charge in [-0.05, 0) is 48.9 Å². The third-order valence-corrected chi connectivity index (χ3v) is 3.45. The van der Waals surface area contributed by atoms with Gasteiger partial charge in [-0.2, -0.15) is 0 Å². The van der Waals surface area contributed by atoms with Crippen molar-refractivity contribution in [3.05, 3.63) is 65.2 Å². The summed E-state index contributed by atoms with van der Waals surface area (Å²) in [6, 6.07) is 11.1. The lowest BCUT2D eigenvalue weighted by atomic mass is 10.1. The van der Waals surface area contributed by atoms with Crippen LogP contribution in [0.15, 0.2) is 48.5 Å². The van der Waals surface area contributed by atoms with E-state index in [1.54, 1.807) is 42.5 Å². The van der Waals surface area contributed by atoms with Crippen LogP contribution in [0.5, 0.6) is 5.75 Å². The average Bonchev–Trinajstić information content (AvgIpc) is 2.61. The molecule has 0 heterocycles. The van der Waals surface area contributed by atoms with Gasteiger partial charge in [0.1, 0.15) is 5.75 Å². The monoisotopic (exact) mass is 353 g/mol. The van der Waals surface area contributed by atoms with Crippen molar-refractivity contribution < 1.29 is 19.1 Å². The minimum atomic E-state index is -0.673. The normalized spacial score (nSPS) is 10.5. The van der Waals surface area contributed by atoms with E-state index in [1.807, 2.05) is 6.92 Å². The predicted molar refractivity (Wildman–Crippen MR) is 98.8 cm³/mol. The van der Waals surface area contributed by atoms with Gasteiger partial charge in [0.2, 0.25) is 11.8 Å². The molecule has 2 aromatic rings. The van der Waals surface area contributed by atoms with Crippen LogP contribution in [0.1, 0.15) is 33.2 Å². The number of hydrogen-bond acceptors (Lipinski definition) is 4. The van der Waals surface area contributed by atoms with Gasteiger partial charge in [-0.1, -0.05) is 12.1 Å². The quantitative estimate of drug-likeness (QED) is 0.658. The summed E-state index contributed by atoms with van der Waals surface area (Å²) in [6.45, 7) is 2.27. The van der Waals surface area contributed by atoms with Gasteiger partial charge in [0.05, 0.1) is 17.9 Å². The highest BCUT2D eigenvalue weighted by Gasteiger charge is 2.11.